The molecule has 0 fully saturated rings. The molecule has 0 bridgehead atoms. The molecule has 1 aromatic heterocycles. The maximum Gasteiger partial charge on any atom is 0.433 e. The fourth-order valence-electron chi connectivity index (χ4n) is 2.36. The van der Waals surface area contributed by atoms with Crippen molar-refractivity contribution in [1.82, 2.24) is 5.32 Å². The largest absolute Gasteiger partial charge is 0.493 e. The topological polar surface area (TPSA) is 115 Å². The molecule has 0 aliphatic carbocycles. The molecule has 0 spiro atoms. The number of aliphatic hydroxyl groups is 1. The number of hydrogen-bond acceptors (Lipinski definition) is 6. The summed E-state index contributed by atoms with van der Waals surface area (Å²) in [5.74, 6) is -0.491. The van der Waals surface area contributed by atoms with Gasteiger partial charge in [0.25, 0.3) is 5.91 Å². The van der Waals surface area contributed by atoms with E-state index in [1.165, 1.54) is 6.07 Å². The molecule has 1 aromatic carbocycles. The summed E-state index contributed by atoms with van der Waals surface area (Å²) in [7, 11) is 0. The van der Waals surface area contributed by atoms with Crippen molar-refractivity contribution >= 4 is 11.8 Å². The summed E-state index contributed by atoms with van der Waals surface area (Å²) in [6, 6.07) is 7.69. The maximum atomic E-state index is 11.8. The molecule has 1 aliphatic rings. The lowest BCUT2D eigenvalue weighted by Crippen LogP contribution is -2.28. The minimum absolute atomic E-state index is 0.0347. The molecule has 1 unspecified atom stereocenters. The number of furan rings is 1. The quantitative estimate of drug-likeness (QED) is 0.639. The first kappa shape index (κ1) is 15.0. The second kappa shape index (κ2) is 6.09. The summed E-state index contributed by atoms with van der Waals surface area (Å²) < 4.78 is 10.2. The monoisotopic (exact) mass is 318 g/mol. The van der Waals surface area contributed by atoms with Crippen LogP contribution >= 0.6 is 0 Å². The number of hydrogen-bond donors (Lipinski definition) is 2. The van der Waals surface area contributed by atoms with Gasteiger partial charge in [-0.05, 0) is 29.3 Å². The van der Waals surface area contributed by atoms with Crippen LogP contribution in [0, 0.1) is 10.1 Å². The van der Waals surface area contributed by atoms with E-state index in [0.717, 1.165) is 23.8 Å². The zero-order valence-electron chi connectivity index (χ0n) is 12.0. The Hall–Kier alpha value is -2.87. The Morgan fingerprint density at radius 1 is 1.39 bits per heavy atom. The van der Waals surface area contributed by atoms with Crippen molar-refractivity contribution in [2.45, 2.75) is 12.5 Å². The summed E-state index contributed by atoms with van der Waals surface area (Å²) in [5.41, 5.74) is 1.69. The van der Waals surface area contributed by atoms with E-state index in [4.69, 9.17) is 9.15 Å². The van der Waals surface area contributed by atoms with E-state index in [-0.39, 0.29) is 12.3 Å². The van der Waals surface area contributed by atoms with Crippen molar-refractivity contribution in [3.8, 4) is 5.75 Å². The van der Waals surface area contributed by atoms with Gasteiger partial charge in [-0.3, -0.25) is 14.9 Å². The van der Waals surface area contributed by atoms with Crippen LogP contribution in [0.1, 0.15) is 27.8 Å². The van der Waals surface area contributed by atoms with E-state index in [1.54, 1.807) is 12.1 Å². The standard InChI is InChI=1S/C15H14N2O6/c18-11(9-1-2-12-10(7-9)5-6-22-12)8-16-15(19)13-3-4-14(23-13)17(20)21/h1-4,7,11,18H,5-6,8H2,(H,16,19). The van der Waals surface area contributed by atoms with Crippen molar-refractivity contribution in [1.29, 1.82) is 0 Å². The van der Waals surface area contributed by atoms with Crippen LogP contribution in [0.3, 0.4) is 0 Å². The fraction of sp³-hybridized carbons (Fsp3) is 0.267. The van der Waals surface area contributed by atoms with Crippen LogP contribution in [-0.4, -0.2) is 29.1 Å². The van der Waals surface area contributed by atoms with E-state index in [1.807, 2.05) is 6.07 Å². The van der Waals surface area contributed by atoms with Crippen molar-refractivity contribution in [3.05, 3.63) is 57.3 Å². The van der Waals surface area contributed by atoms with Gasteiger partial charge in [0.2, 0.25) is 0 Å². The SMILES string of the molecule is O=C(NCC(O)c1ccc2c(c1)CCO2)c1ccc([N+](=O)[O-])o1. The van der Waals surface area contributed by atoms with E-state index < -0.39 is 22.8 Å². The van der Waals surface area contributed by atoms with Crippen LogP contribution in [-0.2, 0) is 6.42 Å². The number of fused-ring (bicyclic) bond motifs is 1. The lowest BCUT2D eigenvalue weighted by molar-refractivity contribution is -0.402. The first-order chi connectivity index (χ1) is 11.0. The van der Waals surface area contributed by atoms with Crippen molar-refractivity contribution in [2.24, 2.45) is 0 Å². The number of rotatable bonds is 5. The summed E-state index contributed by atoms with van der Waals surface area (Å²) in [4.78, 5) is 21.6. The number of carbonyl (C=O) groups is 1. The summed E-state index contributed by atoms with van der Waals surface area (Å²) in [5, 5.41) is 23.1. The van der Waals surface area contributed by atoms with Gasteiger partial charge in [-0.25, -0.2) is 0 Å². The van der Waals surface area contributed by atoms with E-state index in [2.05, 4.69) is 5.32 Å². The first-order valence-corrected chi connectivity index (χ1v) is 7.00. The van der Waals surface area contributed by atoms with E-state index >= 15 is 0 Å². The summed E-state index contributed by atoms with van der Waals surface area (Å²) in [6.45, 7) is 0.593. The number of nitro groups is 1. The first-order valence-electron chi connectivity index (χ1n) is 7.00. The molecule has 3 rings (SSSR count). The number of benzene rings is 1. The lowest BCUT2D eigenvalue weighted by atomic mass is 10.0. The fourth-order valence-corrected chi connectivity index (χ4v) is 2.36. The molecule has 2 aromatic rings. The Kier molecular flexibility index (Phi) is 3.98. The molecule has 0 radical (unpaired) electrons. The Morgan fingerprint density at radius 3 is 2.96 bits per heavy atom. The minimum Gasteiger partial charge on any atom is -0.493 e. The number of ether oxygens (including phenoxy) is 1. The highest BCUT2D eigenvalue weighted by molar-refractivity contribution is 5.91. The second-order valence-electron chi connectivity index (χ2n) is 5.09. The number of carbonyl (C=O) groups excluding carboxylic acids is 1. The van der Waals surface area contributed by atoms with Crippen molar-refractivity contribution in [3.63, 3.8) is 0 Å². The molecular weight excluding hydrogens is 304 g/mol. The Labute approximate surface area is 130 Å². The average molecular weight is 318 g/mol. The van der Waals surface area contributed by atoms with Gasteiger partial charge in [0.1, 0.15) is 10.7 Å². The van der Waals surface area contributed by atoms with Gasteiger partial charge in [0.15, 0.2) is 5.76 Å². The highest BCUT2D eigenvalue weighted by Gasteiger charge is 2.19. The predicted octanol–water partition coefficient (Wildman–Crippen LogP) is 1.59. The van der Waals surface area contributed by atoms with Crippen LogP contribution in [0.15, 0.2) is 34.7 Å². The van der Waals surface area contributed by atoms with Crippen LogP contribution in [0.2, 0.25) is 0 Å². The molecule has 1 amide bonds. The Morgan fingerprint density at radius 2 is 2.22 bits per heavy atom. The van der Waals surface area contributed by atoms with Crippen LogP contribution in [0.5, 0.6) is 5.75 Å². The third-order valence-corrected chi connectivity index (χ3v) is 3.55. The predicted molar refractivity (Wildman–Crippen MR) is 78.3 cm³/mol. The Balaban J connectivity index is 1.60. The molecule has 8 nitrogen and oxygen atoms in total. The van der Waals surface area contributed by atoms with E-state index in [9.17, 15) is 20.0 Å². The van der Waals surface area contributed by atoms with Gasteiger partial charge in [-0.2, -0.15) is 0 Å². The molecule has 1 aliphatic heterocycles. The molecular formula is C15H14N2O6. The van der Waals surface area contributed by atoms with E-state index in [0.29, 0.717) is 12.2 Å². The van der Waals surface area contributed by atoms with Crippen molar-refractivity contribution < 1.29 is 24.0 Å². The maximum absolute atomic E-state index is 11.8. The molecule has 8 heteroatoms. The van der Waals surface area contributed by atoms with Gasteiger partial charge in [-0.1, -0.05) is 6.07 Å². The number of amides is 1. The summed E-state index contributed by atoms with van der Waals surface area (Å²) in [6.07, 6.45) is -0.104. The van der Waals surface area contributed by atoms with Gasteiger partial charge >= 0.3 is 5.88 Å². The number of nitrogens with zero attached hydrogens (tertiary/aromatic N) is 1. The molecule has 2 heterocycles. The molecule has 120 valence electrons. The van der Waals surface area contributed by atoms with Crippen LogP contribution < -0.4 is 10.1 Å². The zero-order chi connectivity index (χ0) is 16.4. The minimum atomic E-state index is -0.894. The summed E-state index contributed by atoms with van der Waals surface area (Å²) >= 11 is 0. The normalized spacial score (nSPS) is 14.0. The smallest absolute Gasteiger partial charge is 0.433 e. The van der Waals surface area contributed by atoms with Gasteiger partial charge in [0.05, 0.1) is 18.8 Å². The third kappa shape index (κ3) is 3.16. The molecule has 1 atom stereocenters. The molecule has 0 saturated heterocycles. The van der Waals surface area contributed by atoms with Gasteiger partial charge in [0, 0.05) is 13.0 Å². The zero-order valence-corrected chi connectivity index (χ0v) is 12.0. The average Bonchev–Trinajstić information content (AvgIpc) is 3.20. The molecule has 23 heavy (non-hydrogen) atoms. The lowest BCUT2D eigenvalue weighted by Gasteiger charge is -2.12. The highest BCUT2D eigenvalue weighted by atomic mass is 16.6. The number of aliphatic hydroxyl groups excluding tert-OH is 1. The third-order valence-electron chi connectivity index (χ3n) is 3.55. The Bertz CT molecular complexity index is 754. The molecule has 2 N–H and O–H groups in total. The second-order valence-corrected chi connectivity index (χ2v) is 5.09. The van der Waals surface area contributed by atoms with Gasteiger partial charge < -0.3 is 19.6 Å². The number of nitrogens with one attached hydrogen (secondary N) is 1. The van der Waals surface area contributed by atoms with Crippen molar-refractivity contribution in [2.75, 3.05) is 13.2 Å². The van der Waals surface area contributed by atoms with Gasteiger partial charge in [-0.15, -0.1) is 0 Å². The molecule has 0 saturated carbocycles. The van der Waals surface area contributed by atoms with Crippen LogP contribution in [0.4, 0.5) is 5.88 Å². The van der Waals surface area contributed by atoms with Crippen LogP contribution in [0.25, 0.3) is 0 Å². The highest BCUT2D eigenvalue weighted by Crippen LogP contribution is 2.28.